The summed E-state index contributed by atoms with van der Waals surface area (Å²) in [5.74, 6) is 1.97. The smallest absolute Gasteiger partial charge is 0.323 e. The van der Waals surface area contributed by atoms with Crippen LogP contribution in [0.2, 0.25) is 0 Å². The number of ether oxygens (including phenoxy) is 2. The van der Waals surface area contributed by atoms with Crippen molar-refractivity contribution in [1.82, 2.24) is 14.9 Å². The van der Waals surface area contributed by atoms with Crippen LogP contribution in [0.5, 0.6) is 17.4 Å². The van der Waals surface area contributed by atoms with Crippen LogP contribution in [0, 0.1) is 0 Å². The van der Waals surface area contributed by atoms with Gasteiger partial charge in [-0.15, -0.1) is 0 Å². The van der Waals surface area contributed by atoms with Gasteiger partial charge < -0.3 is 34.9 Å². The molecular formula is C34H43N6O4P. The molecular weight excluding hydrogens is 587 g/mol. The van der Waals surface area contributed by atoms with E-state index in [-0.39, 0.29) is 5.41 Å². The van der Waals surface area contributed by atoms with Crippen LogP contribution in [0.15, 0.2) is 60.8 Å². The number of rotatable bonds is 8. The molecule has 1 saturated heterocycles. The number of likely N-dealkylation sites (tertiary alicyclic amines) is 1. The third-order valence-corrected chi connectivity index (χ3v) is 9.49. The zero-order valence-corrected chi connectivity index (χ0v) is 28.0. The summed E-state index contributed by atoms with van der Waals surface area (Å²) in [6.07, 6.45) is 3.75. The lowest BCUT2D eigenvalue weighted by Crippen LogP contribution is -2.37. The molecule has 45 heavy (non-hydrogen) atoms. The van der Waals surface area contributed by atoms with E-state index in [2.05, 4.69) is 58.6 Å². The van der Waals surface area contributed by atoms with Gasteiger partial charge in [0.15, 0.2) is 5.75 Å². The Hall–Kier alpha value is -4.14. The van der Waals surface area contributed by atoms with Crippen molar-refractivity contribution in [3.8, 4) is 17.4 Å². The van der Waals surface area contributed by atoms with E-state index in [0.717, 1.165) is 42.3 Å². The highest BCUT2D eigenvalue weighted by atomic mass is 31.2. The molecule has 0 spiro atoms. The van der Waals surface area contributed by atoms with E-state index in [1.54, 1.807) is 31.7 Å². The SMILES string of the molecule is COc1c(NC(=O)Nc2ccc(Oc3ccnc(NC4CCN(C)CC4)n3)c3ccccc23)cc(C(C)(C)C)cc1P(C)(C)=O. The number of hydrogen-bond acceptors (Lipinski definition) is 8. The summed E-state index contributed by atoms with van der Waals surface area (Å²) in [6, 6.07) is 16.7. The molecule has 11 heteroatoms. The van der Waals surface area contributed by atoms with E-state index in [0.29, 0.717) is 46.0 Å². The third-order valence-electron chi connectivity index (χ3n) is 8.00. The van der Waals surface area contributed by atoms with Crippen molar-refractivity contribution < 1.29 is 18.8 Å². The Morgan fingerprint density at radius 1 is 0.978 bits per heavy atom. The molecule has 1 fully saturated rings. The Morgan fingerprint density at radius 3 is 2.33 bits per heavy atom. The fraction of sp³-hybridized carbons (Fsp3) is 0.382. The Labute approximate surface area is 265 Å². The molecule has 0 saturated carbocycles. The van der Waals surface area contributed by atoms with Crippen LogP contribution in [0.4, 0.5) is 22.1 Å². The molecule has 0 bridgehead atoms. The van der Waals surface area contributed by atoms with Crippen LogP contribution in [0.3, 0.4) is 0 Å². The first-order valence-electron chi connectivity index (χ1n) is 15.2. The maximum atomic E-state index is 13.4. The van der Waals surface area contributed by atoms with E-state index >= 15 is 0 Å². The molecule has 1 aliphatic heterocycles. The molecule has 4 aromatic rings. The van der Waals surface area contributed by atoms with E-state index in [1.807, 2.05) is 42.5 Å². The fourth-order valence-corrected chi connectivity index (χ4v) is 6.57. The highest BCUT2D eigenvalue weighted by Crippen LogP contribution is 2.43. The van der Waals surface area contributed by atoms with Gasteiger partial charge in [-0.05, 0) is 81.6 Å². The Morgan fingerprint density at radius 2 is 1.67 bits per heavy atom. The van der Waals surface area contributed by atoms with Gasteiger partial charge in [0.25, 0.3) is 0 Å². The molecule has 0 atom stereocenters. The molecule has 0 aliphatic carbocycles. The first-order valence-corrected chi connectivity index (χ1v) is 17.8. The van der Waals surface area contributed by atoms with E-state index in [9.17, 15) is 9.36 Å². The molecule has 1 aromatic heterocycles. The first kappa shape index (κ1) is 32.3. The van der Waals surface area contributed by atoms with Crippen molar-refractivity contribution in [2.45, 2.75) is 45.1 Å². The van der Waals surface area contributed by atoms with Crippen molar-refractivity contribution in [2.75, 3.05) is 56.5 Å². The molecule has 2 heterocycles. The summed E-state index contributed by atoms with van der Waals surface area (Å²) in [7, 11) is 0.940. The van der Waals surface area contributed by atoms with Crippen LogP contribution >= 0.6 is 7.14 Å². The predicted molar refractivity (Wildman–Crippen MR) is 184 cm³/mol. The van der Waals surface area contributed by atoms with Crippen molar-refractivity contribution in [2.24, 2.45) is 0 Å². The standard InChI is InChI=1S/C34H43N6O4P/c1-34(2,3)22-20-27(31(43-5)29(21-22)45(6,7)42)38-33(41)37-26-12-13-28(25-11-9-8-10-24(25)26)44-30-14-17-35-32(39-30)36-23-15-18-40(4)19-16-23/h8-14,17,20-21,23H,15-16,18-19H2,1-7H3,(H,35,36,39)(H2,37,38,41). The molecule has 3 aromatic carbocycles. The van der Waals surface area contributed by atoms with Crippen molar-refractivity contribution in [1.29, 1.82) is 0 Å². The van der Waals surface area contributed by atoms with Gasteiger partial charge in [-0.2, -0.15) is 4.98 Å². The van der Waals surface area contributed by atoms with E-state index < -0.39 is 13.2 Å². The Balaban J connectivity index is 1.37. The average Bonchev–Trinajstić information content (AvgIpc) is 2.98. The van der Waals surface area contributed by atoms with Gasteiger partial charge in [-0.1, -0.05) is 45.0 Å². The summed E-state index contributed by atoms with van der Waals surface area (Å²) in [4.78, 5) is 24.7. The number of amides is 2. The second kappa shape index (κ2) is 13.1. The maximum absolute atomic E-state index is 13.4. The second-order valence-corrected chi connectivity index (χ2v) is 16.1. The van der Waals surface area contributed by atoms with Gasteiger partial charge in [0.2, 0.25) is 11.8 Å². The lowest BCUT2D eigenvalue weighted by atomic mass is 9.86. The summed E-state index contributed by atoms with van der Waals surface area (Å²) in [5, 5.41) is 11.6. The molecule has 0 radical (unpaired) electrons. The number of hydrogen-bond donors (Lipinski definition) is 3. The number of fused-ring (bicyclic) bond motifs is 1. The predicted octanol–water partition coefficient (Wildman–Crippen LogP) is 7.13. The second-order valence-electron chi connectivity index (χ2n) is 13.0. The number of methoxy groups -OCH3 is 1. The largest absolute Gasteiger partial charge is 0.494 e. The van der Waals surface area contributed by atoms with Crippen molar-refractivity contribution in [3.63, 3.8) is 0 Å². The van der Waals surface area contributed by atoms with Crippen molar-refractivity contribution >= 4 is 46.6 Å². The number of aromatic nitrogens is 2. The quantitative estimate of drug-likeness (QED) is 0.176. The van der Waals surface area contributed by atoms with Crippen molar-refractivity contribution in [3.05, 3.63) is 66.4 Å². The minimum Gasteiger partial charge on any atom is -0.494 e. The van der Waals surface area contributed by atoms with Gasteiger partial charge in [-0.3, -0.25) is 0 Å². The summed E-state index contributed by atoms with van der Waals surface area (Å²) < 4.78 is 25.1. The molecule has 5 rings (SSSR count). The normalized spacial score (nSPS) is 14.6. The van der Waals surface area contributed by atoms with E-state index in [4.69, 9.17) is 9.47 Å². The fourth-order valence-electron chi connectivity index (χ4n) is 5.42. The number of carbonyl (C=O) groups is 1. The van der Waals surface area contributed by atoms with Crippen LogP contribution in [0.1, 0.15) is 39.2 Å². The maximum Gasteiger partial charge on any atom is 0.323 e. The lowest BCUT2D eigenvalue weighted by molar-refractivity contribution is 0.262. The highest BCUT2D eigenvalue weighted by Gasteiger charge is 2.26. The monoisotopic (exact) mass is 630 g/mol. The highest BCUT2D eigenvalue weighted by molar-refractivity contribution is 7.70. The summed E-state index contributed by atoms with van der Waals surface area (Å²) in [6.45, 7) is 11.7. The third kappa shape index (κ3) is 7.75. The zero-order valence-electron chi connectivity index (χ0n) is 27.1. The van der Waals surface area contributed by atoms with Crippen LogP contribution in [-0.4, -0.2) is 67.5 Å². The number of nitrogens with one attached hydrogen (secondary N) is 3. The number of urea groups is 1. The summed E-state index contributed by atoms with van der Waals surface area (Å²) in [5.41, 5.74) is 1.77. The van der Waals surface area contributed by atoms with Gasteiger partial charge in [0.05, 0.1) is 23.8 Å². The number of nitrogens with zero attached hydrogens (tertiary/aromatic N) is 3. The molecule has 1 aliphatic rings. The lowest BCUT2D eigenvalue weighted by Gasteiger charge is -2.29. The molecule has 2 amide bonds. The number of carbonyl (C=O) groups excluding carboxylic acids is 1. The topological polar surface area (TPSA) is 118 Å². The zero-order chi connectivity index (χ0) is 32.4. The molecule has 0 unspecified atom stereocenters. The van der Waals surface area contributed by atoms with Gasteiger partial charge in [-0.25, -0.2) is 9.78 Å². The minimum absolute atomic E-state index is 0.234. The van der Waals surface area contributed by atoms with Gasteiger partial charge in [0.1, 0.15) is 12.9 Å². The number of anilines is 3. The summed E-state index contributed by atoms with van der Waals surface area (Å²) >= 11 is 0. The van der Waals surface area contributed by atoms with E-state index in [1.165, 1.54) is 7.11 Å². The van der Waals surface area contributed by atoms with Crippen LogP contribution in [-0.2, 0) is 9.98 Å². The number of piperidine rings is 1. The average molecular weight is 631 g/mol. The van der Waals surface area contributed by atoms with Crippen LogP contribution in [0.25, 0.3) is 10.8 Å². The van der Waals surface area contributed by atoms with Gasteiger partial charge in [0, 0.05) is 29.1 Å². The molecule has 10 nitrogen and oxygen atoms in total. The number of benzene rings is 3. The minimum atomic E-state index is -2.71. The Bertz CT molecular complexity index is 1740. The molecule has 238 valence electrons. The Kier molecular flexibility index (Phi) is 9.37. The van der Waals surface area contributed by atoms with Gasteiger partial charge >= 0.3 is 6.03 Å². The van der Waals surface area contributed by atoms with Crippen LogP contribution < -0.4 is 30.7 Å². The first-order chi connectivity index (χ1) is 21.3. The molecule has 3 N–H and O–H groups in total.